The summed E-state index contributed by atoms with van der Waals surface area (Å²) < 4.78 is 1.37. The van der Waals surface area contributed by atoms with Gasteiger partial charge in [0.15, 0.2) is 0 Å². The first kappa shape index (κ1) is 12.8. The summed E-state index contributed by atoms with van der Waals surface area (Å²) >= 11 is 0. The van der Waals surface area contributed by atoms with Gasteiger partial charge in [-0.2, -0.15) is 5.10 Å². The molecule has 0 aliphatic carbocycles. The lowest BCUT2D eigenvalue weighted by Gasteiger charge is -2.05. The van der Waals surface area contributed by atoms with Crippen molar-refractivity contribution in [1.82, 2.24) is 9.78 Å². The van der Waals surface area contributed by atoms with E-state index in [1.165, 1.54) is 4.68 Å². The van der Waals surface area contributed by atoms with E-state index in [1.54, 1.807) is 43.6 Å². The Balaban J connectivity index is 2.27. The summed E-state index contributed by atoms with van der Waals surface area (Å²) in [6, 6.07) is 6.00. The van der Waals surface area contributed by atoms with Crippen LogP contribution in [0.4, 0.5) is 0 Å². The maximum atomic E-state index is 11.0. The topological polar surface area (TPSA) is 98.2 Å². The molecule has 0 aliphatic heterocycles. The van der Waals surface area contributed by atoms with E-state index in [-0.39, 0.29) is 0 Å². The molecule has 1 atom stereocenters. The molecule has 0 saturated carbocycles. The molecule has 0 radical (unpaired) electrons. The summed E-state index contributed by atoms with van der Waals surface area (Å²) in [6.07, 6.45) is 3.23. The van der Waals surface area contributed by atoms with E-state index >= 15 is 0 Å². The average Bonchev–Trinajstić information content (AvgIpc) is 2.87. The van der Waals surface area contributed by atoms with Crippen LogP contribution in [0, 0.1) is 0 Å². The second-order valence-corrected chi connectivity index (χ2v) is 4.16. The molecular formula is C13H13N3O3. The van der Waals surface area contributed by atoms with Gasteiger partial charge in [0, 0.05) is 17.3 Å². The Morgan fingerprint density at radius 1 is 1.26 bits per heavy atom. The number of amides is 1. The summed E-state index contributed by atoms with van der Waals surface area (Å²) in [7, 11) is 0. The molecule has 19 heavy (non-hydrogen) atoms. The number of benzene rings is 1. The predicted octanol–water partition coefficient (Wildman–Crippen LogP) is 1.29. The van der Waals surface area contributed by atoms with Gasteiger partial charge in [-0.15, -0.1) is 0 Å². The fraction of sp³-hybridized carbons (Fsp3) is 0.154. The Bertz CT molecular complexity index is 616. The highest BCUT2D eigenvalue weighted by Gasteiger charge is 2.14. The fourth-order valence-electron chi connectivity index (χ4n) is 1.64. The molecule has 0 saturated heterocycles. The van der Waals surface area contributed by atoms with Crippen LogP contribution in [0.1, 0.15) is 23.3 Å². The molecule has 1 amide bonds. The highest BCUT2D eigenvalue weighted by molar-refractivity contribution is 5.93. The van der Waals surface area contributed by atoms with Gasteiger partial charge in [0.2, 0.25) is 5.91 Å². The molecule has 2 rings (SSSR count). The summed E-state index contributed by atoms with van der Waals surface area (Å²) in [5.41, 5.74) is 7.21. The minimum absolute atomic E-state index is 0.426. The molecule has 1 aromatic carbocycles. The number of nitrogens with two attached hydrogens (primary N) is 1. The van der Waals surface area contributed by atoms with Gasteiger partial charge in [-0.25, -0.2) is 4.79 Å². The molecule has 98 valence electrons. The van der Waals surface area contributed by atoms with E-state index in [2.05, 4.69) is 5.10 Å². The van der Waals surface area contributed by atoms with Gasteiger partial charge in [0.1, 0.15) is 6.04 Å². The Kier molecular flexibility index (Phi) is 3.33. The van der Waals surface area contributed by atoms with Crippen LogP contribution in [0.2, 0.25) is 0 Å². The quantitative estimate of drug-likeness (QED) is 0.864. The van der Waals surface area contributed by atoms with Crippen LogP contribution in [0.25, 0.3) is 11.1 Å². The molecule has 0 spiro atoms. The van der Waals surface area contributed by atoms with Crippen LogP contribution in [-0.4, -0.2) is 26.8 Å². The van der Waals surface area contributed by atoms with Crippen molar-refractivity contribution in [2.75, 3.05) is 0 Å². The van der Waals surface area contributed by atoms with Gasteiger partial charge in [-0.1, -0.05) is 12.1 Å². The van der Waals surface area contributed by atoms with Crippen molar-refractivity contribution < 1.29 is 14.7 Å². The second kappa shape index (κ2) is 4.93. The maximum Gasteiger partial charge on any atom is 0.328 e. The third-order valence-corrected chi connectivity index (χ3v) is 2.86. The number of hydrogen-bond donors (Lipinski definition) is 2. The van der Waals surface area contributed by atoms with E-state index < -0.39 is 17.9 Å². The highest BCUT2D eigenvalue weighted by atomic mass is 16.4. The molecule has 0 bridgehead atoms. The Hall–Kier alpha value is -2.63. The lowest BCUT2D eigenvalue weighted by Crippen LogP contribution is -2.15. The smallest absolute Gasteiger partial charge is 0.328 e. The van der Waals surface area contributed by atoms with Crippen LogP contribution in [-0.2, 0) is 4.79 Å². The summed E-state index contributed by atoms with van der Waals surface area (Å²) in [5, 5.41) is 12.9. The number of nitrogens with zero attached hydrogens (tertiary/aromatic N) is 2. The number of aliphatic carboxylic acids is 1. The molecule has 3 N–H and O–H groups in total. The molecular weight excluding hydrogens is 246 g/mol. The summed E-state index contributed by atoms with van der Waals surface area (Å²) in [4.78, 5) is 21.8. The van der Waals surface area contributed by atoms with E-state index in [1.807, 2.05) is 0 Å². The molecule has 0 aliphatic rings. The predicted molar refractivity (Wildman–Crippen MR) is 68.5 cm³/mol. The van der Waals surface area contributed by atoms with Crippen LogP contribution in [0.3, 0.4) is 0 Å². The summed E-state index contributed by atoms with van der Waals surface area (Å²) in [5.74, 6) is -1.43. The van der Waals surface area contributed by atoms with Gasteiger partial charge in [-0.05, 0) is 24.6 Å². The Labute approximate surface area is 109 Å². The summed E-state index contributed by atoms with van der Waals surface area (Å²) in [6.45, 7) is 1.55. The van der Waals surface area contributed by atoms with Crippen molar-refractivity contribution in [2.45, 2.75) is 13.0 Å². The monoisotopic (exact) mass is 259 g/mol. The van der Waals surface area contributed by atoms with E-state index in [9.17, 15) is 9.59 Å². The third-order valence-electron chi connectivity index (χ3n) is 2.86. The minimum atomic E-state index is -0.946. The fourth-order valence-corrected chi connectivity index (χ4v) is 1.64. The molecule has 2 aromatic rings. The average molecular weight is 259 g/mol. The number of hydrogen-bond acceptors (Lipinski definition) is 3. The molecule has 1 heterocycles. The van der Waals surface area contributed by atoms with Gasteiger partial charge in [-0.3, -0.25) is 9.48 Å². The first-order valence-electron chi connectivity index (χ1n) is 5.66. The Morgan fingerprint density at radius 2 is 1.89 bits per heavy atom. The van der Waals surface area contributed by atoms with E-state index in [4.69, 9.17) is 10.8 Å². The van der Waals surface area contributed by atoms with Crippen molar-refractivity contribution in [3.05, 3.63) is 42.2 Å². The number of primary amides is 1. The number of rotatable bonds is 4. The third kappa shape index (κ3) is 2.62. The zero-order chi connectivity index (χ0) is 14.0. The maximum absolute atomic E-state index is 11.0. The highest BCUT2D eigenvalue weighted by Crippen LogP contribution is 2.20. The van der Waals surface area contributed by atoms with Crippen LogP contribution < -0.4 is 5.73 Å². The van der Waals surface area contributed by atoms with Gasteiger partial charge < -0.3 is 10.8 Å². The number of aromatic nitrogens is 2. The molecule has 6 nitrogen and oxygen atoms in total. The van der Waals surface area contributed by atoms with Crippen LogP contribution >= 0.6 is 0 Å². The largest absolute Gasteiger partial charge is 0.480 e. The van der Waals surface area contributed by atoms with E-state index in [0.29, 0.717) is 5.56 Å². The first-order valence-corrected chi connectivity index (χ1v) is 5.66. The Morgan fingerprint density at radius 3 is 2.42 bits per heavy atom. The number of carbonyl (C=O) groups is 2. The zero-order valence-electron chi connectivity index (χ0n) is 10.3. The van der Waals surface area contributed by atoms with Crippen LogP contribution in [0.5, 0.6) is 0 Å². The molecule has 6 heteroatoms. The number of carboxylic acid groups (broad SMARTS) is 1. The van der Waals surface area contributed by atoms with Crippen LogP contribution in [0.15, 0.2) is 36.7 Å². The number of carboxylic acids is 1. The van der Waals surface area contributed by atoms with Crippen molar-refractivity contribution in [1.29, 1.82) is 0 Å². The van der Waals surface area contributed by atoms with Crippen molar-refractivity contribution in [2.24, 2.45) is 5.73 Å². The normalized spacial score (nSPS) is 12.1. The molecule has 0 fully saturated rings. The lowest BCUT2D eigenvalue weighted by atomic mass is 10.1. The van der Waals surface area contributed by atoms with Crippen molar-refractivity contribution in [3.63, 3.8) is 0 Å². The molecule has 1 aromatic heterocycles. The minimum Gasteiger partial charge on any atom is -0.480 e. The van der Waals surface area contributed by atoms with Crippen molar-refractivity contribution >= 4 is 11.9 Å². The standard InChI is InChI=1S/C13H13N3O3/c1-8(13(18)19)16-7-11(6-15-16)9-2-4-10(5-3-9)12(14)17/h2-8H,1H3,(H2,14,17)(H,18,19)/t8-/m1/s1. The van der Waals surface area contributed by atoms with E-state index in [0.717, 1.165) is 11.1 Å². The van der Waals surface area contributed by atoms with Gasteiger partial charge >= 0.3 is 5.97 Å². The van der Waals surface area contributed by atoms with Gasteiger partial charge in [0.05, 0.1) is 6.20 Å². The lowest BCUT2D eigenvalue weighted by molar-refractivity contribution is -0.140. The number of carbonyl (C=O) groups excluding carboxylic acids is 1. The van der Waals surface area contributed by atoms with Gasteiger partial charge in [0.25, 0.3) is 0 Å². The van der Waals surface area contributed by atoms with Crippen molar-refractivity contribution in [3.8, 4) is 11.1 Å². The first-order chi connectivity index (χ1) is 8.99. The SMILES string of the molecule is C[C@H](C(=O)O)n1cc(-c2ccc(C(N)=O)cc2)cn1. The second-order valence-electron chi connectivity index (χ2n) is 4.16. The zero-order valence-corrected chi connectivity index (χ0v) is 10.3. The molecule has 0 unspecified atom stereocenters.